The van der Waals surface area contributed by atoms with Gasteiger partial charge in [0.15, 0.2) is 0 Å². The molecule has 0 radical (unpaired) electrons. The van der Waals surface area contributed by atoms with E-state index in [4.69, 9.17) is 10.5 Å². The third-order valence-electron chi connectivity index (χ3n) is 4.51. The Hall–Kier alpha value is -3.17. The second-order valence-electron chi connectivity index (χ2n) is 6.49. The van der Waals surface area contributed by atoms with E-state index in [1.807, 2.05) is 31.3 Å². The molecule has 1 aliphatic rings. The highest BCUT2D eigenvalue weighted by Crippen LogP contribution is 2.41. The smallest absolute Gasteiger partial charge is 0.217 e. The van der Waals surface area contributed by atoms with Crippen molar-refractivity contribution < 1.29 is 4.74 Å². The molecule has 0 aliphatic heterocycles. The molecule has 1 aliphatic carbocycles. The van der Waals surface area contributed by atoms with Crippen LogP contribution in [0, 0.1) is 11.3 Å². The molecular weight excluding hydrogens is 326 g/mol. The Balaban J connectivity index is 1.72. The number of ether oxygens (including phenoxy) is 1. The number of hydrogen-bond donors (Lipinski definition) is 1. The molecule has 1 aromatic carbocycles. The molecule has 0 amide bonds. The van der Waals surface area contributed by atoms with E-state index in [1.165, 1.54) is 12.8 Å². The highest BCUT2D eigenvalue weighted by molar-refractivity contribution is 5.69. The number of nitrogens with zero attached hydrogens (tertiary/aromatic N) is 4. The predicted octanol–water partition coefficient (Wildman–Crippen LogP) is 3.48. The minimum Gasteiger partial charge on any atom is -0.439 e. The van der Waals surface area contributed by atoms with Gasteiger partial charge < -0.3 is 10.5 Å². The summed E-state index contributed by atoms with van der Waals surface area (Å²) in [5, 5.41) is 13.8. The summed E-state index contributed by atoms with van der Waals surface area (Å²) in [7, 11) is 1.86. The highest BCUT2D eigenvalue weighted by Gasteiger charge is 2.27. The summed E-state index contributed by atoms with van der Waals surface area (Å²) in [6.07, 6.45) is 4.12. The molecule has 4 rings (SSSR count). The van der Waals surface area contributed by atoms with Crippen LogP contribution < -0.4 is 10.5 Å². The second kappa shape index (κ2) is 6.62. The van der Waals surface area contributed by atoms with Gasteiger partial charge in [0.2, 0.25) is 5.88 Å². The summed E-state index contributed by atoms with van der Waals surface area (Å²) in [6.45, 7) is 0.447. The zero-order chi connectivity index (χ0) is 18.1. The van der Waals surface area contributed by atoms with Gasteiger partial charge in [-0.3, -0.25) is 4.98 Å². The largest absolute Gasteiger partial charge is 0.439 e. The van der Waals surface area contributed by atoms with Gasteiger partial charge in [0.1, 0.15) is 5.75 Å². The summed E-state index contributed by atoms with van der Waals surface area (Å²) in [4.78, 5) is 4.48. The molecule has 0 atom stereocenters. The highest BCUT2D eigenvalue weighted by atomic mass is 16.5. The minimum absolute atomic E-state index is 0.447. The van der Waals surface area contributed by atoms with Gasteiger partial charge in [-0.15, -0.1) is 0 Å². The molecule has 2 aromatic heterocycles. The fourth-order valence-corrected chi connectivity index (χ4v) is 2.85. The Kier molecular flexibility index (Phi) is 4.15. The lowest BCUT2D eigenvalue weighted by molar-refractivity contribution is 0.431. The van der Waals surface area contributed by atoms with E-state index in [1.54, 1.807) is 23.0 Å². The van der Waals surface area contributed by atoms with Crippen molar-refractivity contribution in [2.45, 2.75) is 25.3 Å². The van der Waals surface area contributed by atoms with E-state index >= 15 is 0 Å². The van der Waals surface area contributed by atoms with Crippen molar-refractivity contribution in [2.24, 2.45) is 12.8 Å². The summed E-state index contributed by atoms with van der Waals surface area (Å²) in [5.41, 5.74) is 9.80. The van der Waals surface area contributed by atoms with Crippen LogP contribution in [0.5, 0.6) is 11.6 Å². The van der Waals surface area contributed by atoms with Crippen molar-refractivity contribution in [1.29, 1.82) is 5.26 Å². The first-order valence-corrected chi connectivity index (χ1v) is 8.59. The van der Waals surface area contributed by atoms with Gasteiger partial charge in [-0.2, -0.15) is 10.4 Å². The van der Waals surface area contributed by atoms with Crippen molar-refractivity contribution in [2.75, 3.05) is 0 Å². The minimum atomic E-state index is 0.447. The van der Waals surface area contributed by atoms with Gasteiger partial charge >= 0.3 is 0 Å². The first kappa shape index (κ1) is 16.3. The molecule has 1 saturated carbocycles. The maximum Gasteiger partial charge on any atom is 0.217 e. The number of aryl methyl sites for hydroxylation is 1. The van der Waals surface area contributed by atoms with Gasteiger partial charge in [-0.1, -0.05) is 6.07 Å². The number of hydrogen-bond acceptors (Lipinski definition) is 5. The van der Waals surface area contributed by atoms with Crippen molar-refractivity contribution in [1.82, 2.24) is 14.8 Å². The van der Waals surface area contributed by atoms with Crippen molar-refractivity contribution in [3.05, 3.63) is 59.4 Å². The first-order valence-electron chi connectivity index (χ1n) is 8.59. The summed E-state index contributed by atoms with van der Waals surface area (Å²) >= 11 is 0. The van der Waals surface area contributed by atoms with Crippen LogP contribution in [-0.2, 0) is 13.6 Å². The molecule has 130 valence electrons. The molecule has 26 heavy (non-hydrogen) atoms. The van der Waals surface area contributed by atoms with Crippen LogP contribution >= 0.6 is 0 Å². The Morgan fingerprint density at radius 3 is 2.77 bits per heavy atom. The predicted molar refractivity (Wildman–Crippen MR) is 97.5 cm³/mol. The Morgan fingerprint density at radius 1 is 1.27 bits per heavy atom. The van der Waals surface area contributed by atoms with Gasteiger partial charge in [0.25, 0.3) is 0 Å². The zero-order valence-corrected chi connectivity index (χ0v) is 14.5. The van der Waals surface area contributed by atoms with Crippen LogP contribution in [-0.4, -0.2) is 14.8 Å². The lowest BCUT2D eigenvalue weighted by atomic mass is 10.1. The lowest BCUT2D eigenvalue weighted by Crippen LogP contribution is -1.99. The van der Waals surface area contributed by atoms with Crippen LogP contribution in [0.3, 0.4) is 0 Å². The van der Waals surface area contributed by atoms with Gasteiger partial charge in [0, 0.05) is 37.3 Å². The number of nitriles is 1. The average Bonchev–Trinajstić information content (AvgIpc) is 3.46. The molecule has 6 heteroatoms. The SMILES string of the molecule is Cn1nc(C2CC2)cc1Oc1cc(C#N)ccc1-c1ccc(CN)cn1. The normalized spacial score (nSPS) is 13.4. The van der Waals surface area contributed by atoms with Crippen LogP contribution in [0.15, 0.2) is 42.6 Å². The van der Waals surface area contributed by atoms with Crippen LogP contribution in [0.1, 0.15) is 35.6 Å². The fraction of sp³-hybridized carbons (Fsp3) is 0.250. The fourth-order valence-electron chi connectivity index (χ4n) is 2.85. The number of benzene rings is 1. The monoisotopic (exact) mass is 345 g/mol. The van der Waals surface area contributed by atoms with Crippen molar-refractivity contribution in [3.8, 4) is 29.0 Å². The quantitative estimate of drug-likeness (QED) is 0.764. The Bertz CT molecular complexity index is 980. The summed E-state index contributed by atoms with van der Waals surface area (Å²) in [5.74, 6) is 1.79. The molecule has 0 spiro atoms. The molecule has 0 unspecified atom stereocenters. The lowest BCUT2D eigenvalue weighted by Gasteiger charge is -2.11. The van der Waals surface area contributed by atoms with E-state index in [-0.39, 0.29) is 0 Å². The van der Waals surface area contributed by atoms with E-state index < -0.39 is 0 Å². The second-order valence-corrected chi connectivity index (χ2v) is 6.49. The Morgan fingerprint density at radius 2 is 2.12 bits per heavy atom. The third kappa shape index (κ3) is 3.17. The molecule has 3 aromatic rings. The van der Waals surface area contributed by atoms with E-state index in [9.17, 15) is 5.26 Å². The number of nitrogens with two attached hydrogens (primary N) is 1. The topological polar surface area (TPSA) is 89.8 Å². The van der Waals surface area contributed by atoms with Crippen LogP contribution in [0.25, 0.3) is 11.3 Å². The van der Waals surface area contributed by atoms with E-state index in [0.29, 0.717) is 29.7 Å². The molecular formula is C20H19N5O. The molecule has 0 bridgehead atoms. The Labute approximate surface area is 151 Å². The van der Waals surface area contributed by atoms with Crippen molar-refractivity contribution >= 4 is 0 Å². The third-order valence-corrected chi connectivity index (χ3v) is 4.51. The molecule has 0 saturated heterocycles. The van der Waals surface area contributed by atoms with E-state index in [0.717, 1.165) is 22.5 Å². The maximum absolute atomic E-state index is 9.25. The summed E-state index contributed by atoms with van der Waals surface area (Å²) < 4.78 is 7.87. The molecule has 2 N–H and O–H groups in total. The van der Waals surface area contributed by atoms with Gasteiger partial charge in [-0.05, 0) is 42.7 Å². The number of pyridine rings is 1. The molecule has 1 fully saturated rings. The number of aromatic nitrogens is 3. The molecule has 2 heterocycles. The zero-order valence-electron chi connectivity index (χ0n) is 14.5. The van der Waals surface area contributed by atoms with Crippen LogP contribution in [0.2, 0.25) is 0 Å². The van der Waals surface area contributed by atoms with Crippen LogP contribution in [0.4, 0.5) is 0 Å². The van der Waals surface area contributed by atoms with Crippen molar-refractivity contribution in [3.63, 3.8) is 0 Å². The van der Waals surface area contributed by atoms with Gasteiger partial charge in [-0.25, -0.2) is 4.68 Å². The molecule has 6 nitrogen and oxygen atoms in total. The van der Waals surface area contributed by atoms with Gasteiger partial charge in [0.05, 0.1) is 23.0 Å². The summed E-state index contributed by atoms with van der Waals surface area (Å²) in [6, 6.07) is 13.3. The maximum atomic E-state index is 9.25. The standard InChI is InChI=1S/C20H19N5O/c1-25-20(9-18(24-25)15-4-5-15)26-19-8-13(10-21)2-6-16(19)17-7-3-14(11-22)12-23-17/h2-3,6-9,12,15H,4-5,11,22H2,1H3. The first-order chi connectivity index (χ1) is 12.7. The average molecular weight is 345 g/mol. The van der Waals surface area contributed by atoms with E-state index in [2.05, 4.69) is 16.2 Å². The number of rotatable bonds is 5.